The van der Waals surface area contributed by atoms with Gasteiger partial charge in [-0.15, -0.1) is 0 Å². The van der Waals surface area contributed by atoms with Crippen molar-refractivity contribution in [1.82, 2.24) is 0 Å². The Kier molecular flexibility index (Phi) is 4.10. The van der Waals surface area contributed by atoms with E-state index in [9.17, 15) is 13.2 Å². The summed E-state index contributed by atoms with van der Waals surface area (Å²) < 4.78 is 42.3. The first-order chi connectivity index (χ1) is 6.86. The number of hydrogen-bond donors (Lipinski definition) is 0. The Morgan fingerprint density at radius 3 is 2.27 bits per heavy atom. The van der Waals surface area contributed by atoms with Crippen molar-refractivity contribution in [3.05, 3.63) is 23.8 Å². The molecule has 0 aliphatic rings. The smallest absolute Gasteiger partial charge is 0.417 e. The first kappa shape index (κ1) is 12.9. The van der Waals surface area contributed by atoms with E-state index in [-0.39, 0.29) is 5.30 Å². The Balaban J connectivity index is 3.28. The van der Waals surface area contributed by atoms with Crippen LogP contribution in [0, 0.1) is 0 Å². The summed E-state index contributed by atoms with van der Waals surface area (Å²) in [6, 6.07) is 3.34. The fourth-order valence-electron chi connectivity index (χ4n) is 1.02. The molecule has 84 valence electrons. The molecular weight excluding hydrogens is 271 g/mol. The first-order valence-electron chi connectivity index (χ1n) is 3.73. The molecule has 1 rings (SSSR count). The van der Waals surface area contributed by atoms with E-state index in [0.717, 1.165) is 6.07 Å². The highest BCUT2D eigenvalue weighted by Crippen LogP contribution is 2.49. The number of hydrogen-bond acceptors (Lipinski definition) is 1. The highest BCUT2D eigenvalue weighted by atomic mass is 35.9. The molecule has 0 heterocycles. The van der Waals surface area contributed by atoms with E-state index in [0.29, 0.717) is 5.75 Å². The van der Waals surface area contributed by atoms with Crippen molar-refractivity contribution in [1.29, 1.82) is 0 Å². The summed E-state index contributed by atoms with van der Waals surface area (Å²) in [6.45, 7) is -1.86. The molecule has 15 heavy (non-hydrogen) atoms. The maximum absolute atomic E-state index is 12.5. The topological polar surface area (TPSA) is 9.23 Å². The van der Waals surface area contributed by atoms with Crippen LogP contribution in [-0.2, 0) is 6.18 Å². The minimum absolute atomic E-state index is 0.139. The molecule has 1 aromatic rings. The second-order valence-electron chi connectivity index (χ2n) is 2.61. The fraction of sp³-hybridized carbons (Fsp3) is 0.250. The maximum Gasteiger partial charge on any atom is 0.417 e. The SMILES string of the molecule is COc1ccc(C(F)(F)F)c(P(Cl)Cl)c1. The van der Waals surface area contributed by atoms with Crippen LogP contribution in [0.4, 0.5) is 13.2 Å². The standard InChI is InChI=1S/C8H6Cl2F3OP/c1-14-5-2-3-6(8(11,12)13)7(4-5)15(9)10/h2-4H,1H3. The predicted octanol–water partition coefficient (Wildman–Crippen LogP) is 4.13. The quantitative estimate of drug-likeness (QED) is 0.738. The van der Waals surface area contributed by atoms with Crippen molar-refractivity contribution >= 4 is 34.4 Å². The Morgan fingerprint density at radius 2 is 1.87 bits per heavy atom. The summed E-state index contributed by atoms with van der Waals surface area (Å²) >= 11 is 11.0. The molecule has 0 fully saturated rings. The average molecular weight is 277 g/mol. The highest BCUT2D eigenvalue weighted by molar-refractivity contribution is 8.08. The van der Waals surface area contributed by atoms with E-state index in [4.69, 9.17) is 27.2 Å². The molecule has 0 aromatic heterocycles. The largest absolute Gasteiger partial charge is 0.497 e. The molecule has 0 aliphatic carbocycles. The Labute approximate surface area is 95.5 Å². The molecule has 0 N–H and O–H groups in total. The molecule has 0 amide bonds. The maximum atomic E-state index is 12.5. The molecule has 0 bridgehead atoms. The van der Waals surface area contributed by atoms with Gasteiger partial charge in [-0.3, -0.25) is 0 Å². The van der Waals surface area contributed by atoms with Crippen molar-refractivity contribution in [2.24, 2.45) is 0 Å². The van der Waals surface area contributed by atoms with Crippen molar-refractivity contribution in [2.75, 3.05) is 7.11 Å². The van der Waals surface area contributed by atoms with Crippen LogP contribution in [0.25, 0.3) is 0 Å². The third kappa shape index (κ3) is 3.13. The molecule has 0 atom stereocenters. The normalized spacial score (nSPS) is 11.9. The molecule has 0 aliphatic heterocycles. The second-order valence-corrected chi connectivity index (χ2v) is 6.11. The summed E-state index contributed by atoms with van der Waals surface area (Å²) in [5, 5.41) is -0.139. The third-order valence-electron chi connectivity index (χ3n) is 1.69. The van der Waals surface area contributed by atoms with Gasteiger partial charge in [0.15, 0.2) is 0 Å². The lowest BCUT2D eigenvalue weighted by molar-refractivity contribution is -0.136. The van der Waals surface area contributed by atoms with E-state index >= 15 is 0 Å². The molecule has 0 saturated heterocycles. The Morgan fingerprint density at radius 1 is 1.27 bits per heavy atom. The molecule has 1 aromatic carbocycles. The molecule has 7 heteroatoms. The van der Waals surface area contributed by atoms with Gasteiger partial charge < -0.3 is 4.74 Å². The van der Waals surface area contributed by atoms with E-state index in [1.54, 1.807) is 0 Å². The van der Waals surface area contributed by atoms with Crippen LogP contribution in [0.2, 0.25) is 0 Å². The zero-order valence-corrected chi connectivity index (χ0v) is 9.88. The van der Waals surface area contributed by atoms with Crippen molar-refractivity contribution < 1.29 is 17.9 Å². The predicted molar refractivity (Wildman–Crippen MR) is 56.3 cm³/mol. The minimum Gasteiger partial charge on any atom is -0.497 e. The summed E-state index contributed by atoms with van der Waals surface area (Å²) in [5.41, 5.74) is -0.820. The average Bonchev–Trinajstić information content (AvgIpc) is 2.15. The van der Waals surface area contributed by atoms with Gasteiger partial charge >= 0.3 is 6.18 Å². The van der Waals surface area contributed by atoms with Gasteiger partial charge in [-0.2, -0.15) is 13.2 Å². The summed E-state index contributed by atoms with van der Waals surface area (Å²) in [4.78, 5) is 0. The summed E-state index contributed by atoms with van der Waals surface area (Å²) in [6.07, 6.45) is -4.45. The lowest BCUT2D eigenvalue weighted by atomic mass is 10.2. The van der Waals surface area contributed by atoms with Gasteiger partial charge in [0, 0.05) is 5.30 Å². The molecule has 0 radical (unpaired) electrons. The number of methoxy groups -OCH3 is 1. The minimum atomic E-state index is -4.45. The highest BCUT2D eigenvalue weighted by Gasteiger charge is 2.35. The fourth-order valence-corrected chi connectivity index (χ4v) is 2.47. The van der Waals surface area contributed by atoms with Crippen LogP contribution in [0.1, 0.15) is 5.56 Å². The zero-order chi connectivity index (χ0) is 11.6. The van der Waals surface area contributed by atoms with Crippen LogP contribution >= 0.6 is 29.1 Å². The van der Waals surface area contributed by atoms with Crippen LogP contribution in [0.5, 0.6) is 5.75 Å². The van der Waals surface area contributed by atoms with Crippen LogP contribution in [0.15, 0.2) is 18.2 Å². The van der Waals surface area contributed by atoms with Crippen molar-refractivity contribution in [3.8, 4) is 5.75 Å². The number of rotatable bonds is 2. The first-order valence-corrected chi connectivity index (χ1v) is 6.88. The van der Waals surface area contributed by atoms with Gasteiger partial charge in [0.05, 0.1) is 12.7 Å². The van der Waals surface area contributed by atoms with Crippen molar-refractivity contribution in [3.63, 3.8) is 0 Å². The van der Waals surface area contributed by atoms with E-state index < -0.39 is 18.4 Å². The number of halogens is 5. The van der Waals surface area contributed by atoms with Crippen LogP contribution in [-0.4, -0.2) is 7.11 Å². The number of alkyl halides is 3. The van der Waals surface area contributed by atoms with E-state index in [1.807, 2.05) is 0 Å². The number of ether oxygens (including phenoxy) is 1. The van der Waals surface area contributed by atoms with Gasteiger partial charge in [-0.05, 0) is 18.2 Å². The van der Waals surface area contributed by atoms with E-state index in [2.05, 4.69) is 0 Å². The Hall–Kier alpha value is -0.180. The zero-order valence-electron chi connectivity index (χ0n) is 7.48. The van der Waals surface area contributed by atoms with Gasteiger partial charge in [0.1, 0.15) is 12.4 Å². The summed E-state index contributed by atoms with van der Waals surface area (Å²) in [5.74, 6) is 0.298. The molecule has 0 saturated carbocycles. The van der Waals surface area contributed by atoms with Crippen LogP contribution < -0.4 is 10.0 Å². The molecular formula is C8H6Cl2F3OP. The van der Waals surface area contributed by atoms with Gasteiger partial charge in [0.2, 0.25) is 0 Å². The third-order valence-corrected chi connectivity index (χ3v) is 3.52. The van der Waals surface area contributed by atoms with Crippen molar-refractivity contribution in [2.45, 2.75) is 6.18 Å². The lowest BCUT2D eigenvalue weighted by Crippen LogP contribution is -2.16. The second kappa shape index (κ2) is 4.77. The van der Waals surface area contributed by atoms with Gasteiger partial charge in [-0.1, -0.05) is 22.5 Å². The van der Waals surface area contributed by atoms with Gasteiger partial charge in [0.25, 0.3) is 0 Å². The molecule has 0 unspecified atom stereocenters. The van der Waals surface area contributed by atoms with E-state index in [1.165, 1.54) is 19.2 Å². The monoisotopic (exact) mass is 276 g/mol. The lowest BCUT2D eigenvalue weighted by Gasteiger charge is -2.14. The number of benzene rings is 1. The van der Waals surface area contributed by atoms with Gasteiger partial charge in [-0.25, -0.2) is 0 Å². The molecule has 0 spiro atoms. The van der Waals surface area contributed by atoms with Crippen LogP contribution in [0.3, 0.4) is 0 Å². The Bertz CT molecular complexity index is 354. The molecule has 1 nitrogen and oxygen atoms in total. The summed E-state index contributed by atoms with van der Waals surface area (Å²) in [7, 11) is 1.36.